The second-order valence-electron chi connectivity index (χ2n) is 5.38. The van der Waals surface area contributed by atoms with E-state index >= 15 is 0 Å². The van der Waals surface area contributed by atoms with Crippen LogP contribution in [0.5, 0.6) is 5.75 Å². The first-order valence-electron chi connectivity index (χ1n) is 7.61. The summed E-state index contributed by atoms with van der Waals surface area (Å²) in [5, 5.41) is 9.20. The number of hydrogen-bond donors (Lipinski definition) is 0. The summed E-state index contributed by atoms with van der Waals surface area (Å²) in [6.07, 6.45) is 0. The van der Waals surface area contributed by atoms with Crippen LogP contribution in [0.1, 0.15) is 5.56 Å². The number of nitrogens with zero attached hydrogens (tertiary/aromatic N) is 3. The normalized spacial score (nSPS) is 10.8. The summed E-state index contributed by atoms with van der Waals surface area (Å²) < 4.78 is 20.6. The van der Waals surface area contributed by atoms with Gasteiger partial charge >= 0.3 is 0 Å². The molecule has 1 aromatic heterocycles. The highest BCUT2D eigenvalue weighted by Gasteiger charge is 2.11. The number of hydrogen-bond acceptors (Lipinski definition) is 4. The third kappa shape index (κ3) is 3.94. The zero-order chi connectivity index (χ0) is 16.9. The van der Waals surface area contributed by atoms with Gasteiger partial charge < -0.3 is 9.30 Å². The Morgan fingerprint density at radius 3 is 2.46 bits per heavy atom. The highest BCUT2D eigenvalue weighted by molar-refractivity contribution is 7.99. The summed E-state index contributed by atoms with van der Waals surface area (Å²) in [5.74, 6) is 2.09. The molecule has 0 saturated heterocycles. The fraction of sp³-hybridized carbons (Fsp3) is 0.222. The summed E-state index contributed by atoms with van der Waals surface area (Å²) in [7, 11) is 1.90. The van der Waals surface area contributed by atoms with E-state index in [2.05, 4.69) is 10.2 Å². The van der Waals surface area contributed by atoms with Crippen molar-refractivity contribution in [2.45, 2.75) is 12.1 Å². The average Bonchev–Trinajstić information content (AvgIpc) is 2.95. The van der Waals surface area contributed by atoms with Gasteiger partial charge in [0.15, 0.2) is 11.0 Å². The van der Waals surface area contributed by atoms with E-state index < -0.39 is 0 Å². The van der Waals surface area contributed by atoms with Crippen molar-refractivity contribution >= 4 is 11.8 Å². The second kappa shape index (κ2) is 7.49. The number of aryl methyl sites for hydroxylation is 1. The van der Waals surface area contributed by atoms with Crippen molar-refractivity contribution in [2.75, 3.05) is 12.4 Å². The van der Waals surface area contributed by atoms with Gasteiger partial charge in [0.2, 0.25) is 0 Å². The Morgan fingerprint density at radius 2 is 1.75 bits per heavy atom. The molecule has 0 spiro atoms. The molecule has 2 aromatic carbocycles. The number of halogens is 1. The van der Waals surface area contributed by atoms with Crippen LogP contribution < -0.4 is 4.74 Å². The number of aromatic nitrogens is 3. The minimum atomic E-state index is -0.260. The Labute approximate surface area is 144 Å². The Hall–Kier alpha value is -2.34. The van der Waals surface area contributed by atoms with E-state index in [4.69, 9.17) is 4.74 Å². The minimum Gasteiger partial charge on any atom is -0.493 e. The van der Waals surface area contributed by atoms with Gasteiger partial charge in [-0.2, -0.15) is 0 Å². The fourth-order valence-corrected chi connectivity index (χ4v) is 2.95. The molecule has 3 aromatic rings. The Balaban J connectivity index is 1.56. The second-order valence-corrected chi connectivity index (χ2v) is 6.44. The maximum absolute atomic E-state index is 13.0. The van der Waals surface area contributed by atoms with Crippen molar-refractivity contribution in [3.05, 3.63) is 59.9 Å². The van der Waals surface area contributed by atoms with Gasteiger partial charge in [-0.3, -0.25) is 0 Å². The summed E-state index contributed by atoms with van der Waals surface area (Å²) in [6, 6.07) is 14.2. The molecule has 0 unspecified atom stereocenters. The predicted molar refractivity (Wildman–Crippen MR) is 93.8 cm³/mol. The van der Waals surface area contributed by atoms with Crippen molar-refractivity contribution in [1.82, 2.24) is 14.8 Å². The predicted octanol–water partition coefficient (Wildman–Crippen LogP) is 4.10. The monoisotopic (exact) mass is 343 g/mol. The van der Waals surface area contributed by atoms with Gasteiger partial charge in [-0.1, -0.05) is 29.5 Å². The van der Waals surface area contributed by atoms with Crippen LogP contribution in [0, 0.1) is 12.7 Å². The molecule has 0 radical (unpaired) electrons. The molecule has 0 atom stereocenters. The molecule has 0 fully saturated rings. The summed E-state index contributed by atoms with van der Waals surface area (Å²) >= 11 is 1.58. The lowest BCUT2D eigenvalue weighted by molar-refractivity contribution is 0.344. The molecule has 124 valence electrons. The van der Waals surface area contributed by atoms with Crippen LogP contribution in [0.15, 0.2) is 53.7 Å². The molecule has 0 amide bonds. The molecule has 6 heteroatoms. The van der Waals surface area contributed by atoms with E-state index in [1.165, 1.54) is 17.7 Å². The highest BCUT2D eigenvalue weighted by atomic mass is 32.2. The van der Waals surface area contributed by atoms with Gasteiger partial charge in [0.05, 0.1) is 6.61 Å². The number of benzene rings is 2. The first kappa shape index (κ1) is 16.5. The topological polar surface area (TPSA) is 39.9 Å². The zero-order valence-corrected chi connectivity index (χ0v) is 14.4. The third-order valence-corrected chi connectivity index (χ3v) is 4.53. The third-order valence-electron chi connectivity index (χ3n) is 3.54. The van der Waals surface area contributed by atoms with Gasteiger partial charge in [0.25, 0.3) is 0 Å². The van der Waals surface area contributed by atoms with Gasteiger partial charge in [0.1, 0.15) is 11.6 Å². The summed E-state index contributed by atoms with van der Waals surface area (Å²) in [6.45, 7) is 2.64. The van der Waals surface area contributed by atoms with E-state index in [-0.39, 0.29) is 5.82 Å². The van der Waals surface area contributed by atoms with E-state index in [1.807, 2.05) is 42.8 Å². The van der Waals surface area contributed by atoms with E-state index in [1.54, 1.807) is 23.9 Å². The molecule has 3 rings (SSSR count). The molecule has 0 saturated carbocycles. The van der Waals surface area contributed by atoms with Crippen LogP contribution in [0.3, 0.4) is 0 Å². The minimum absolute atomic E-state index is 0.260. The van der Waals surface area contributed by atoms with Crippen molar-refractivity contribution in [2.24, 2.45) is 7.05 Å². The standard InChI is InChI=1S/C18H18FN3OS/c1-13-3-9-16(10-4-13)23-11-12-24-18-21-20-17(22(18)2)14-5-7-15(19)8-6-14/h3-10H,11-12H2,1-2H3. The van der Waals surface area contributed by atoms with Crippen molar-refractivity contribution in [1.29, 1.82) is 0 Å². The molecule has 0 aliphatic heterocycles. The fourth-order valence-electron chi connectivity index (χ4n) is 2.22. The number of thioether (sulfide) groups is 1. The van der Waals surface area contributed by atoms with E-state index in [0.717, 1.165) is 28.0 Å². The first-order chi connectivity index (χ1) is 11.6. The Morgan fingerprint density at radius 1 is 1.04 bits per heavy atom. The smallest absolute Gasteiger partial charge is 0.191 e. The van der Waals surface area contributed by atoms with Crippen LogP contribution in [0.25, 0.3) is 11.4 Å². The molecule has 0 aliphatic rings. The average molecular weight is 343 g/mol. The van der Waals surface area contributed by atoms with Crippen molar-refractivity contribution in [3.63, 3.8) is 0 Å². The van der Waals surface area contributed by atoms with Crippen LogP contribution >= 0.6 is 11.8 Å². The molecular formula is C18H18FN3OS. The lowest BCUT2D eigenvalue weighted by atomic mass is 10.2. The van der Waals surface area contributed by atoms with Gasteiger partial charge in [-0.15, -0.1) is 10.2 Å². The molecular weight excluding hydrogens is 325 g/mol. The van der Waals surface area contributed by atoms with Crippen LogP contribution in [0.4, 0.5) is 4.39 Å². The molecule has 0 bridgehead atoms. The zero-order valence-electron chi connectivity index (χ0n) is 13.6. The van der Waals surface area contributed by atoms with Crippen molar-refractivity contribution in [3.8, 4) is 17.1 Å². The van der Waals surface area contributed by atoms with Crippen LogP contribution in [0.2, 0.25) is 0 Å². The van der Waals surface area contributed by atoms with E-state index in [0.29, 0.717) is 6.61 Å². The number of rotatable bonds is 6. The lowest BCUT2D eigenvalue weighted by Gasteiger charge is -2.06. The number of ether oxygens (including phenoxy) is 1. The summed E-state index contributed by atoms with van der Waals surface area (Å²) in [4.78, 5) is 0. The molecule has 0 aliphatic carbocycles. The summed E-state index contributed by atoms with van der Waals surface area (Å²) in [5.41, 5.74) is 2.05. The molecule has 4 nitrogen and oxygen atoms in total. The van der Waals surface area contributed by atoms with Crippen molar-refractivity contribution < 1.29 is 9.13 Å². The maximum atomic E-state index is 13.0. The molecule has 0 N–H and O–H groups in total. The van der Waals surface area contributed by atoms with Crippen LogP contribution in [-0.4, -0.2) is 27.1 Å². The molecule has 24 heavy (non-hydrogen) atoms. The molecule has 1 heterocycles. The SMILES string of the molecule is Cc1ccc(OCCSc2nnc(-c3ccc(F)cc3)n2C)cc1. The first-order valence-corrected chi connectivity index (χ1v) is 8.59. The largest absolute Gasteiger partial charge is 0.493 e. The van der Waals surface area contributed by atoms with Crippen LogP contribution in [-0.2, 0) is 7.05 Å². The lowest BCUT2D eigenvalue weighted by Crippen LogP contribution is -2.02. The maximum Gasteiger partial charge on any atom is 0.191 e. The highest BCUT2D eigenvalue weighted by Crippen LogP contribution is 2.23. The van der Waals surface area contributed by atoms with E-state index in [9.17, 15) is 4.39 Å². The quantitative estimate of drug-likeness (QED) is 0.499. The Bertz CT molecular complexity index is 800. The van der Waals surface area contributed by atoms with Gasteiger partial charge in [-0.05, 0) is 43.3 Å². The van der Waals surface area contributed by atoms with Gasteiger partial charge in [0, 0.05) is 18.4 Å². The Kier molecular flexibility index (Phi) is 5.15. The van der Waals surface area contributed by atoms with Gasteiger partial charge in [-0.25, -0.2) is 4.39 Å².